The summed E-state index contributed by atoms with van der Waals surface area (Å²) in [7, 11) is 1.46. The van der Waals surface area contributed by atoms with Crippen LogP contribution < -0.4 is 16.7 Å². The molecule has 0 saturated heterocycles. The number of hydrogen-bond acceptors (Lipinski definition) is 9. The number of aromatic amines is 1. The number of aryl methyl sites for hydroxylation is 1. The molecule has 2 heterocycles. The number of nitro benzene ring substituents is 1. The van der Waals surface area contributed by atoms with Gasteiger partial charge in [-0.2, -0.15) is 10.1 Å². The van der Waals surface area contributed by atoms with Gasteiger partial charge in [-0.25, -0.2) is 10.2 Å². The molecule has 0 spiro atoms. The number of ether oxygens (including phenoxy) is 1. The Balaban J connectivity index is 1.93. The maximum atomic E-state index is 12.5. The SMILES string of the molecule is CC(C)OCC(O)Cn1c(NN=Cc2ccc([N+](=O)[O-])cc2)nc2c1c(=O)[nH]c(=O)n2C. The van der Waals surface area contributed by atoms with Crippen LogP contribution in [0.5, 0.6) is 0 Å². The third-order valence-corrected chi connectivity index (χ3v) is 4.50. The van der Waals surface area contributed by atoms with E-state index in [1.54, 1.807) is 0 Å². The van der Waals surface area contributed by atoms with E-state index in [4.69, 9.17) is 4.74 Å². The van der Waals surface area contributed by atoms with Crippen LogP contribution in [-0.2, 0) is 18.3 Å². The second kappa shape index (κ2) is 9.53. The van der Waals surface area contributed by atoms with Gasteiger partial charge in [-0.05, 0) is 31.5 Å². The fourth-order valence-corrected chi connectivity index (χ4v) is 2.91. The number of aliphatic hydroxyl groups excluding tert-OH is 1. The summed E-state index contributed by atoms with van der Waals surface area (Å²) in [6, 6.07) is 5.73. The van der Waals surface area contributed by atoms with Gasteiger partial charge in [0.1, 0.15) is 0 Å². The molecule has 170 valence electrons. The second-order valence-corrected chi connectivity index (χ2v) is 7.29. The van der Waals surface area contributed by atoms with Gasteiger partial charge < -0.3 is 14.4 Å². The average molecular weight is 445 g/mol. The van der Waals surface area contributed by atoms with Crippen LogP contribution in [0, 0.1) is 10.1 Å². The number of anilines is 1. The molecule has 0 saturated carbocycles. The number of fused-ring (bicyclic) bond motifs is 1. The molecule has 32 heavy (non-hydrogen) atoms. The summed E-state index contributed by atoms with van der Waals surface area (Å²) >= 11 is 0. The number of rotatable bonds is 9. The van der Waals surface area contributed by atoms with E-state index in [1.165, 1.54) is 46.7 Å². The number of H-pyrrole nitrogens is 1. The highest BCUT2D eigenvalue weighted by molar-refractivity contribution is 5.81. The van der Waals surface area contributed by atoms with Crippen LogP contribution in [0.4, 0.5) is 11.6 Å². The Morgan fingerprint density at radius 3 is 2.66 bits per heavy atom. The van der Waals surface area contributed by atoms with Crippen LogP contribution >= 0.6 is 0 Å². The van der Waals surface area contributed by atoms with Crippen LogP contribution in [0.15, 0.2) is 39.0 Å². The molecule has 0 amide bonds. The topological polar surface area (TPSA) is 170 Å². The standard InChI is InChI=1S/C19H23N7O6/c1-11(2)32-10-14(27)9-25-15-16(24(3)19(29)22-17(15)28)21-18(25)23-20-8-12-4-6-13(7-5-12)26(30)31/h4-8,11,14,27H,9-10H2,1-3H3,(H,21,23)(H,22,28,29). The largest absolute Gasteiger partial charge is 0.389 e. The molecule has 1 atom stereocenters. The summed E-state index contributed by atoms with van der Waals surface area (Å²) in [5.74, 6) is 0.119. The molecule has 13 heteroatoms. The Hall–Kier alpha value is -3.84. The summed E-state index contributed by atoms with van der Waals surface area (Å²) < 4.78 is 8.01. The fraction of sp³-hybridized carbons (Fsp3) is 0.368. The number of aromatic nitrogens is 4. The number of hydrazone groups is 1. The molecule has 0 bridgehead atoms. The third-order valence-electron chi connectivity index (χ3n) is 4.50. The molecular formula is C19H23N7O6. The van der Waals surface area contributed by atoms with E-state index in [9.17, 15) is 24.8 Å². The van der Waals surface area contributed by atoms with E-state index in [1.807, 2.05) is 13.8 Å². The van der Waals surface area contributed by atoms with Crippen LogP contribution in [-0.4, -0.2) is 54.2 Å². The van der Waals surface area contributed by atoms with Gasteiger partial charge in [-0.3, -0.25) is 24.5 Å². The summed E-state index contributed by atoms with van der Waals surface area (Å²) in [6.07, 6.45) is 0.373. The van der Waals surface area contributed by atoms with Crippen LogP contribution in [0.3, 0.4) is 0 Å². The van der Waals surface area contributed by atoms with Crippen molar-refractivity contribution in [3.63, 3.8) is 0 Å². The van der Waals surface area contributed by atoms with Crippen molar-refractivity contribution in [2.75, 3.05) is 12.0 Å². The lowest BCUT2D eigenvalue weighted by molar-refractivity contribution is -0.384. The minimum Gasteiger partial charge on any atom is -0.389 e. The normalized spacial score (nSPS) is 12.7. The zero-order valence-electron chi connectivity index (χ0n) is 17.7. The van der Waals surface area contributed by atoms with Gasteiger partial charge in [0.15, 0.2) is 11.2 Å². The van der Waals surface area contributed by atoms with Crippen molar-refractivity contribution in [1.29, 1.82) is 0 Å². The van der Waals surface area contributed by atoms with Crippen LogP contribution in [0.2, 0.25) is 0 Å². The third kappa shape index (κ3) is 5.07. The van der Waals surface area contributed by atoms with Crippen LogP contribution in [0.25, 0.3) is 11.2 Å². The maximum absolute atomic E-state index is 12.5. The smallest absolute Gasteiger partial charge is 0.329 e. The van der Waals surface area contributed by atoms with E-state index in [0.29, 0.717) is 5.56 Å². The van der Waals surface area contributed by atoms with E-state index >= 15 is 0 Å². The van der Waals surface area contributed by atoms with Gasteiger partial charge in [0.05, 0.1) is 36.5 Å². The number of aliphatic hydroxyl groups is 1. The molecule has 0 radical (unpaired) electrons. The molecule has 0 aliphatic carbocycles. The minimum absolute atomic E-state index is 0.0342. The van der Waals surface area contributed by atoms with Crippen molar-refractivity contribution in [3.05, 3.63) is 60.8 Å². The average Bonchev–Trinajstić information content (AvgIpc) is 3.09. The summed E-state index contributed by atoms with van der Waals surface area (Å²) in [6.45, 7) is 3.66. The van der Waals surface area contributed by atoms with Crippen molar-refractivity contribution in [3.8, 4) is 0 Å². The van der Waals surface area contributed by atoms with Crippen molar-refractivity contribution >= 4 is 29.0 Å². The molecule has 1 aromatic carbocycles. The summed E-state index contributed by atoms with van der Waals surface area (Å²) in [5.41, 5.74) is 2.16. The quantitative estimate of drug-likeness (QED) is 0.244. The van der Waals surface area contributed by atoms with Crippen LogP contribution in [0.1, 0.15) is 19.4 Å². The summed E-state index contributed by atoms with van der Waals surface area (Å²) in [5, 5.41) is 25.2. The molecule has 3 aromatic rings. The number of nitrogens with zero attached hydrogens (tertiary/aromatic N) is 5. The minimum atomic E-state index is -0.953. The zero-order valence-corrected chi connectivity index (χ0v) is 17.7. The van der Waals surface area contributed by atoms with Gasteiger partial charge >= 0.3 is 5.69 Å². The molecular weight excluding hydrogens is 422 g/mol. The van der Waals surface area contributed by atoms with Crippen molar-refractivity contribution in [2.45, 2.75) is 32.6 Å². The number of imidazole rings is 1. The van der Waals surface area contributed by atoms with Gasteiger partial charge in [0.2, 0.25) is 5.95 Å². The highest BCUT2D eigenvalue weighted by atomic mass is 16.6. The lowest BCUT2D eigenvalue weighted by atomic mass is 10.2. The van der Waals surface area contributed by atoms with E-state index in [2.05, 4.69) is 20.5 Å². The van der Waals surface area contributed by atoms with Gasteiger partial charge in [-0.1, -0.05) is 0 Å². The monoisotopic (exact) mass is 445 g/mol. The Labute approximate surface area is 181 Å². The predicted octanol–water partition coefficient (Wildman–Crippen LogP) is 0.563. The first kappa shape index (κ1) is 22.8. The van der Waals surface area contributed by atoms with Gasteiger partial charge in [-0.15, -0.1) is 0 Å². The molecule has 0 aliphatic heterocycles. The highest BCUT2D eigenvalue weighted by Crippen LogP contribution is 2.17. The molecule has 2 aromatic heterocycles. The van der Waals surface area contributed by atoms with E-state index in [0.717, 1.165) is 0 Å². The number of nitro groups is 1. The Morgan fingerprint density at radius 2 is 2.03 bits per heavy atom. The predicted molar refractivity (Wildman–Crippen MR) is 117 cm³/mol. The maximum Gasteiger partial charge on any atom is 0.329 e. The van der Waals surface area contributed by atoms with Gasteiger partial charge in [0.25, 0.3) is 11.2 Å². The van der Waals surface area contributed by atoms with Crippen molar-refractivity contribution in [2.24, 2.45) is 12.1 Å². The molecule has 0 aliphatic rings. The Morgan fingerprint density at radius 1 is 1.34 bits per heavy atom. The lowest BCUT2D eigenvalue weighted by Crippen LogP contribution is -2.30. The summed E-state index contributed by atoms with van der Waals surface area (Å²) in [4.78, 5) is 41.1. The first-order valence-corrected chi connectivity index (χ1v) is 9.70. The van der Waals surface area contributed by atoms with E-state index in [-0.39, 0.29) is 42.1 Å². The Bertz CT molecular complexity index is 1260. The first-order chi connectivity index (χ1) is 15.2. The van der Waals surface area contributed by atoms with E-state index < -0.39 is 22.3 Å². The zero-order chi connectivity index (χ0) is 23.4. The molecule has 13 nitrogen and oxygen atoms in total. The number of nitrogens with one attached hydrogen (secondary N) is 2. The first-order valence-electron chi connectivity index (χ1n) is 9.70. The van der Waals surface area contributed by atoms with Gasteiger partial charge in [0, 0.05) is 19.2 Å². The molecule has 3 rings (SSSR count). The molecule has 3 N–H and O–H groups in total. The highest BCUT2D eigenvalue weighted by Gasteiger charge is 2.19. The molecule has 1 unspecified atom stereocenters. The number of hydrogen-bond donors (Lipinski definition) is 3. The fourth-order valence-electron chi connectivity index (χ4n) is 2.91. The second-order valence-electron chi connectivity index (χ2n) is 7.29. The van der Waals surface area contributed by atoms with Crippen molar-refractivity contribution < 1.29 is 14.8 Å². The van der Waals surface area contributed by atoms with Crippen molar-refractivity contribution in [1.82, 2.24) is 19.1 Å². The molecule has 0 fully saturated rings. The number of non-ortho nitro benzene ring substituents is 1. The number of benzene rings is 1. The lowest BCUT2D eigenvalue weighted by Gasteiger charge is -2.15. The Kier molecular flexibility index (Phi) is 6.80.